The largest absolute Gasteiger partial charge is 0.481 e. The van der Waals surface area contributed by atoms with Crippen molar-refractivity contribution in [2.24, 2.45) is 23.5 Å². The first kappa shape index (κ1) is 14.4. The van der Waals surface area contributed by atoms with Gasteiger partial charge in [-0.25, -0.2) is 0 Å². The maximum absolute atomic E-state index is 10.7. The molecule has 0 aliphatic heterocycles. The summed E-state index contributed by atoms with van der Waals surface area (Å²) in [7, 11) is 0. The van der Waals surface area contributed by atoms with E-state index in [9.17, 15) is 4.79 Å². The van der Waals surface area contributed by atoms with Crippen molar-refractivity contribution in [2.75, 3.05) is 6.54 Å². The second kappa shape index (κ2) is 7.69. The van der Waals surface area contributed by atoms with Gasteiger partial charge in [0.25, 0.3) is 0 Å². The number of nitrogens with two attached hydrogens (primary N) is 1. The summed E-state index contributed by atoms with van der Waals surface area (Å²) >= 11 is 0. The monoisotopic (exact) mass is 215 g/mol. The molecule has 0 aromatic heterocycles. The highest BCUT2D eigenvalue weighted by atomic mass is 16.4. The van der Waals surface area contributed by atoms with E-state index in [1.165, 1.54) is 19.3 Å². The zero-order valence-corrected chi connectivity index (χ0v) is 10.2. The lowest BCUT2D eigenvalue weighted by molar-refractivity contribution is -0.138. The van der Waals surface area contributed by atoms with Crippen LogP contribution in [-0.4, -0.2) is 17.6 Å². The Hall–Kier alpha value is -0.570. The Balaban J connectivity index is 4.11. The lowest BCUT2D eigenvalue weighted by Crippen LogP contribution is -2.28. The van der Waals surface area contributed by atoms with Crippen LogP contribution in [-0.2, 0) is 4.79 Å². The number of hydrogen-bond acceptors (Lipinski definition) is 2. The fourth-order valence-electron chi connectivity index (χ4n) is 1.96. The van der Waals surface area contributed by atoms with Crippen LogP contribution in [0.5, 0.6) is 0 Å². The van der Waals surface area contributed by atoms with Crippen molar-refractivity contribution in [2.45, 2.75) is 46.5 Å². The predicted molar refractivity (Wildman–Crippen MR) is 62.7 cm³/mol. The highest BCUT2D eigenvalue weighted by Gasteiger charge is 2.23. The molecule has 90 valence electrons. The smallest absolute Gasteiger partial charge is 0.303 e. The van der Waals surface area contributed by atoms with Crippen LogP contribution in [0.2, 0.25) is 0 Å². The summed E-state index contributed by atoms with van der Waals surface area (Å²) in [6.45, 7) is 6.98. The molecule has 0 radical (unpaired) electrons. The average molecular weight is 215 g/mol. The topological polar surface area (TPSA) is 63.3 Å². The second-order valence-corrected chi connectivity index (χ2v) is 4.57. The number of unbranched alkanes of at least 4 members (excludes halogenated alkanes) is 1. The molecule has 3 N–H and O–H groups in total. The highest BCUT2D eigenvalue weighted by Crippen LogP contribution is 2.26. The lowest BCUT2D eigenvalue weighted by atomic mass is 9.80. The van der Waals surface area contributed by atoms with Gasteiger partial charge in [-0.15, -0.1) is 0 Å². The van der Waals surface area contributed by atoms with E-state index in [1.807, 2.05) is 0 Å². The molecule has 0 aromatic carbocycles. The summed E-state index contributed by atoms with van der Waals surface area (Å²) in [5.74, 6) is 0.352. The molecule has 0 aliphatic rings. The van der Waals surface area contributed by atoms with Gasteiger partial charge < -0.3 is 10.8 Å². The van der Waals surface area contributed by atoms with Gasteiger partial charge in [0.2, 0.25) is 0 Å². The van der Waals surface area contributed by atoms with E-state index in [-0.39, 0.29) is 12.3 Å². The van der Waals surface area contributed by atoms with Crippen LogP contribution in [0.25, 0.3) is 0 Å². The Labute approximate surface area is 93.0 Å². The molecule has 0 rings (SSSR count). The molecule has 0 saturated heterocycles. The first-order valence-electron chi connectivity index (χ1n) is 5.94. The van der Waals surface area contributed by atoms with Crippen LogP contribution in [0.1, 0.15) is 46.5 Å². The maximum atomic E-state index is 10.7. The standard InChI is InChI=1S/C12H25NO2/c1-4-5-6-9(2)10(3)11(8-13)7-12(14)15/h9-11H,4-8,13H2,1-3H3,(H,14,15)/t9-,10-,11+/m1/s1. The van der Waals surface area contributed by atoms with Crippen molar-refractivity contribution >= 4 is 5.97 Å². The molecule has 0 heterocycles. The van der Waals surface area contributed by atoms with Gasteiger partial charge in [-0.05, 0) is 24.3 Å². The highest BCUT2D eigenvalue weighted by molar-refractivity contribution is 5.67. The molecule has 15 heavy (non-hydrogen) atoms. The normalized spacial score (nSPS) is 17.1. The first-order chi connectivity index (χ1) is 7.02. The minimum Gasteiger partial charge on any atom is -0.481 e. The third-order valence-corrected chi connectivity index (χ3v) is 3.39. The fourth-order valence-corrected chi connectivity index (χ4v) is 1.96. The molecule has 0 fully saturated rings. The molecule has 0 bridgehead atoms. The van der Waals surface area contributed by atoms with Crippen molar-refractivity contribution < 1.29 is 9.90 Å². The Bertz CT molecular complexity index is 182. The molecule has 0 spiro atoms. The van der Waals surface area contributed by atoms with Gasteiger partial charge in [-0.3, -0.25) is 4.79 Å². The molecule has 0 aromatic rings. The zero-order valence-electron chi connectivity index (χ0n) is 10.2. The molecule has 0 aliphatic carbocycles. The summed E-state index contributed by atoms with van der Waals surface area (Å²) in [6.07, 6.45) is 3.79. The minimum atomic E-state index is -0.736. The quantitative estimate of drug-likeness (QED) is 0.654. The fraction of sp³-hybridized carbons (Fsp3) is 0.917. The second-order valence-electron chi connectivity index (χ2n) is 4.57. The van der Waals surface area contributed by atoms with Gasteiger partial charge in [-0.2, -0.15) is 0 Å². The molecular formula is C12H25NO2. The number of rotatable bonds is 8. The van der Waals surface area contributed by atoms with E-state index in [0.717, 1.165) is 0 Å². The number of hydrogen-bond donors (Lipinski definition) is 2. The minimum absolute atomic E-state index is 0.120. The van der Waals surface area contributed by atoms with Crippen LogP contribution in [0.3, 0.4) is 0 Å². The van der Waals surface area contributed by atoms with Crippen LogP contribution in [0.15, 0.2) is 0 Å². The summed E-state index contributed by atoms with van der Waals surface area (Å²) in [6, 6.07) is 0. The van der Waals surface area contributed by atoms with Gasteiger partial charge >= 0.3 is 5.97 Å². The van der Waals surface area contributed by atoms with Crippen LogP contribution < -0.4 is 5.73 Å². The molecule has 3 heteroatoms. The van der Waals surface area contributed by atoms with Crippen molar-refractivity contribution in [3.05, 3.63) is 0 Å². The van der Waals surface area contributed by atoms with Gasteiger partial charge in [0.15, 0.2) is 0 Å². The third-order valence-electron chi connectivity index (χ3n) is 3.39. The Kier molecular flexibility index (Phi) is 7.39. The Morgan fingerprint density at radius 3 is 2.40 bits per heavy atom. The van der Waals surface area contributed by atoms with Crippen LogP contribution >= 0.6 is 0 Å². The molecule has 0 unspecified atom stereocenters. The number of aliphatic carboxylic acids is 1. The van der Waals surface area contributed by atoms with Gasteiger partial charge in [0.05, 0.1) is 0 Å². The third kappa shape index (κ3) is 5.78. The lowest BCUT2D eigenvalue weighted by Gasteiger charge is -2.26. The van der Waals surface area contributed by atoms with E-state index in [0.29, 0.717) is 18.4 Å². The number of carbonyl (C=O) groups is 1. The van der Waals surface area contributed by atoms with Gasteiger partial charge in [0, 0.05) is 6.42 Å². The van der Waals surface area contributed by atoms with E-state index in [1.54, 1.807) is 0 Å². The zero-order chi connectivity index (χ0) is 11.8. The predicted octanol–water partition coefficient (Wildman–Crippen LogP) is 2.50. The van der Waals surface area contributed by atoms with E-state index in [4.69, 9.17) is 10.8 Å². The van der Waals surface area contributed by atoms with Crippen molar-refractivity contribution in [3.63, 3.8) is 0 Å². The number of carboxylic acid groups (broad SMARTS) is 1. The molecule has 3 atom stereocenters. The molecular weight excluding hydrogens is 190 g/mol. The van der Waals surface area contributed by atoms with Crippen LogP contribution in [0.4, 0.5) is 0 Å². The molecule has 0 amide bonds. The SMILES string of the molecule is CCCC[C@@H](C)[C@@H](C)[C@H](CN)CC(=O)O. The summed E-state index contributed by atoms with van der Waals surface area (Å²) < 4.78 is 0. The van der Waals surface area contributed by atoms with E-state index < -0.39 is 5.97 Å². The van der Waals surface area contributed by atoms with Crippen molar-refractivity contribution in [1.29, 1.82) is 0 Å². The van der Waals surface area contributed by atoms with Crippen LogP contribution in [0, 0.1) is 17.8 Å². The van der Waals surface area contributed by atoms with Gasteiger partial charge in [0.1, 0.15) is 0 Å². The Morgan fingerprint density at radius 2 is 2.00 bits per heavy atom. The summed E-state index contributed by atoms with van der Waals surface area (Å²) in [5.41, 5.74) is 5.63. The Morgan fingerprint density at radius 1 is 1.40 bits per heavy atom. The van der Waals surface area contributed by atoms with E-state index >= 15 is 0 Å². The summed E-state index contributed by atoms with van der Waals surface area (Å²) in [4.78, 5) is 10.7. The number of carboxylic acids is 1. The molecule has 3 nitrogen and oxygen atoms in total. The average Bonchev–Trinajstić information content (AvgIpc) is 2.21. The van der Waals surface area contributed by atoms with E-state index in [2.05, 4.69) is 20.8 Å². The first-order valence-corrected chi connectivity index (χ1v) is 5.94. The maximum Gasteiger partial charge on any atom is 0.303 e. The van der Waals surface area contributed by atoms with Crippen molar-refractivity contribution in [3.8, 4) is 0 Å². The van der Waals surface area contributed by atoms with Crippen molar-refractivity contribution in [1.82, 2.24) is 0 Å². The summed E-state index contributed by atoms with van der Waals surface area (Å²) in [5, 5.41) is 8.77. The van der Waals surface area contributed by atoms with Gasteiger partial charge in [-0.1, -0.05) is 40.0 Å². The molecule has 0 saturated carbocycles.